The van der Waals surface area contributed by atoms with Gasteiger partial charge in [0.15, 0.2) is 0 Å². The summed E-state index contributed by atoms with van der Waals surface area (Å²) in [6.07, 6.45) is 65.9. The maximum absolute atomic E-state index is 12.5. The van der Waals surface area contributed by atoms with Crippen LogP contribution in [-0.2, 0) is 14.3 Å². The predicted octanol–water partition coefficient (Wildman–Crippen LogP) is 17.9. The van der Waals surface area contributed by atoms with Gasteiger partial charge in [-0.15, -0.1) is 0 Å². The molecule has 0 aromatic rings. The third-order valence-corrected chi connectivity index (χ3v) is 13.5. The van der Waals surface area contributed by atoms with Crippen LogP contribution in [0.1, 0.15) is 316 Å². The molecule has 6 heteroatoms. The number of ether oxygens (including phenoxy) is 1. The van der Waals surface area contributed by atoms with Gasteiger partial charge in [0, 0.05) is 12.8 Å². The lowest BCUT2D eigenvalue weighted by Gasteiger charge is -2.22. The number of aliphatic hydroxyl groups is 2. The number of nitrogens with one attached hydrogen (secondary N) is 1. The number of amides is 1. The zero-order valence-electron chi connectivity index (χ0n) is 43.7. The summed E-state index contributed by atoms with van der Waals surface area (Å²) >= 11 is 0. The molecule has 0 fully saturated rings. The first-order valence-electron chi connectivity index (χ1n) is 29.1. The quantitative estimate of drug-likeness (QED) is 0.0321. The van der Waals surface area contributed by atoms with E-state index in [0.29, 0.717) is 25.9 Å². The molecule has 0 aromatic carbocycles. The molecule has 384 valence electrons. The van der Waals surface area contributed by atoms with Crippen LogP contribution in [0.3, 0.4) is 0 Å². The van der Waals surface area contributed by atoms with Gasteiger partial charge >= 0.3 is 5.97 Å². The van der Waals surface area contributed by atoms with Crippen LogP contribution in [0.5, 0.6) is 0 Å². The van der Waals surface area contributed by atoms with E-state index < -0.39 is 12.1 Å². The Balaban J connectivity index is 3.46. The topological polar surface area (TPSA) is 95.9 Å². The van der Waals surface area contributed by atoms with Crippen LogP contribution in [0.2, 0.25) is 0 Å². The molecule has 0 radical (unpaired) electrons. The number of aliphatic hydroxyl groups excluding tert-OH is 2. The Kier molecular flexibility index (Phi) is 53.5. The summed E-state index contributed by atoms with van der Waals surface area (Å²) in [5, 5.41) is 23.3. The van der Waals surface area contributed by atoms with Gasteiger partial charge in [0.2, 0.25) is 5.91 Å². The van der Waals surface area contributed by atoms with Crippen LogP contribution in [0, 0.1) is 0 Å². The second-order valence-electron chi connectivity index (χ2n) is 20.0. The molecule has 0 spiro atoms. The van der Waals surface area contributed by atoms with Crippen molar-refractivity contribution in [3.8, 4) is 0 Å². The number of hydrogen-bond acceptors (Lipinski definition) is 5. The summed E-state index contributed by atoms with van der Waals surface area (Å²) in [5.74, 6) is -0.0536. The minimum atomic E-state index is -0.673. The maximum atomic E-state index is 12.5. The molecule has 0 heterocycles. The summed E-state index contributed by atoms with van der Waals surface area (Å²) in [6, 6.07) is -0.552. The lowest BCUT2D eigenvalue weighted by molar-refractivity contribution is -0.143. The van der Waals surface area contributed by atoms with Crippen molar-refractivity contribution >= 4 is 11.9 Å². The Labute approximate surface area is 405 Å². The van der Waals surface area contributed by atoms with Gasteiger partial charge in [-0.1, -0.05) is 250 Å². The molecule has 65 heavy (non-hydrogen) atoms. The highest BCUT2D eigenvalue weighted by atomic mass is 16.5. The summed E-state index contributed by atoms with van der Waals surface area (Å²) in [5.41, 5.74) is 0. The molecular formula is C59H113NO5. The normalized spacial score (nSPS) is 12.7. The smallest absolute Gasteiger partial charge is 0.305 e. The molecule has 0 saturated carbocycles. The van der Waals surface area contributed by atoms with Crippen LogP contribution in [-0.4, -0.2) is 47.4 Å². The second-order valence-corrected chi connectivity index (χ2v) is 20.0. The molecule has 2 atom stereocenters. The molecule has 0 aliphatic carbocycles. The number of allylic oxidation sites excluding steroid dienone is 4. The number of carbonyl (C=O) groups excluding carboxylic acids is 2. The molecule has 2 unspecified atom stereocenters. The largest absolute Gasteiger partial charge is 0.466 e. The number of carbonyl (C=O) groups is 2. The highest BCUT2D eigenvalue weighted by molar-refractivity contribution is 5.76. The molecule has 0 aliphatic rings. The maximum Gasteiger partial charge on any atom is 0.305 e. The van der Waals surface area contributed by atoms with Gasteiger partial charge in [-0.05, 0) is 77.0 Å². The summed E-state index contributed by atoms with van der Waals surface area (Å²) in [4.78, 5) is 24.5. The van der Waals surface area contributed by atoms with Crippen molar-refractivity contribution in [3.63, 3.8) is 0 Å². The van der Waals surface area contributed by atoms with Gasteiger partial charge in [-0.3, -0.25) is 9.59 Å². The van der Waals surface area contributed by atoms with Crippen LogP contribution >= 0.6 is 0 Å². The van der Waals surface area contributed by atoms with E-state index in [-0.39, 0.29) is 18.5 Å². The van der Waals surface area contributed by atoms with Gasteiger partial charge in [-0.2, -0.15) is 0 Å². The second kappa shape index (κ2) is 54.9. The van der Waals surface area contributed by atoms with E-state index in [1.165, 1.54) is 225 Å². The Bertz CT molecular complexity index is 1010. The Morgan fingerprint density at radius 1 is 0.415 bits per heavy atom. The van der Waals surface area contributed by atoms with Gasteiger partial charge in [0.1, 0.15) is 0 Å². The molecule has 0 aromatic heterocycles. The minimum absolute atomic E-state index is 0.00603. The van der Waals surface area contributed by atoms with Crippen LogP contribution in [0.25, 0.3) is 0 Å². The highest BCUT2D eigenvalue weighted by Crippen LogP contribution is 2.17. The van der Waals surface area contributed by atoms with Crippen molar-refractivity contribution in [2.75, 3.05) is 13.2 Å². The number of unbranched alkanes of at least 4 members (excludes halogenated alkanes) is 39. The Hall–Kier alpha value is -1.66. The molecule has 1 amide bonds. The monoisotopic (exact) mass is 916 g/mol. The van der Waals surface area contributed by atoms with E-state index in [2.05, 4.69) is 43.5 Å². The van der Waals surface area contributed by atoms with E-state index in [1.807, 2.05) is 0 Å². The van der Waals surface area contributed by atoms with Crippen molar-refractivity contribution in [1.82, 2.24) is 5.32 Å². The molecule has 6 nitrogen and oxygen atoms in total. The number of hydrogen-bond donors (Lipinski definition) is 3. The lowest BCUT2D eigenvalue weighted by Crippen LogP contribution is -2.45. The van der Waals surface area contributed by atoms with Crippen molar-refractivity contribution in [2.24, 2.45) is 0 Å². The van der Waals surface area contributed by atoms with Crippen molar-refractivity contribution in [3.05, 3.63) is 24.3 Å². The Morgan fingerprint density at radius 3 is 1.11 bits per heavy atom. The first-order chi connectivity index (χ1) is 32.0. The fraction of sp³-hybridized carbons (Fsp3) is 0.898. The zero-order chi connectivity index (χ0) is 47.2. The molecular weight excluding hydrogens is 803 g/mol. The van der Waals surface area contributed by atoms with E-state index in [4.69, 9.17) is 4.74 Å². The van der Waals surface area contributed by atoms with Gasteiger partial charge in [0.25, 0.3) is 0 Å². The van der Waals surface area contributed by atoms with Gasteiger partial charge in [0.05, 0.1) is 25.4 Å². The summed E-state index contributed by atoms with van der Waals surface area (Å²) < 4.78 is 5.46. The molecule has 0 aliphatic heterocycles. The van der Waals surface area contributed by atoms with E-state index >= 15 is 0 Å². The number of esters is 1. The van der Waals surface area contributed by atoms with Crippen LogP contribution in [0.4, 0.5) is 0 Å². The average molecular weight is 917 g/mol. The standard InChI is InChI=1S/C59H113NO5/c1-3-5-7-9-11-13-15-17-18-21-24-28-31-35-39-43-47-51-57(62)56(55-61)60-58(63)52-48-44-40-36-32-29-25-22-19-20-23-26-30-34-38-42-46-50-54-65-59(64)53-49-45-41-37-33-27-16-14-12-10-8-6-4-2/h14,16,22,25,56-57,61-62H,3-13,15,17-21,23-24,26-55H2,1-2H3,(H,60,63)/b16-14-,25-22-. The summed E-state index contributed by atoms with van der Waals surface area (Å²) in [7, 11) is 0. The lowest BCUT2D eigenvalue weighted by atomic mass is 10.0. The Morgan fingerprint density at radius 2 is 0.723 bits per heavy atom. The predicted molar refractivity (Wildman–Crippen MR) is 283 cm³/mol. The average Bonchev–Trinajstić information content (AvgIpc) is 3.31. The highest BCUT2D eigenvalue weighted by Gasteiger charge is 2.20. The molecule has 3 N–H and O–H groups in total. The fourth-order valence-electron chi connectivity index (χ4n) is 8.98. The SMILES string of the molecule is CCCCCC/C=C\CCCCCCCC(=O)OCCCCCCCCCCC/C=C\CCCCCCCC(=O)NC(CO)C(O)CCCCCCCCCCCCCCCCCCC. The summed E-state index contributed by atoms with van der Waals surface area (Å²) in [6.45, 7) is 4.93. The van der Waals surface area contributed by atoms with Crippen molar-refractivity contribution < 1.29 is 24.5 Å². The molecule has 0 rings (SSSR count). The van der Waals surface area contributed by atoms with E-state index in [9.17, 15) is 19.8 Å². The van der Waals surface area contributed by atoms with Crippen LogP contribution in [0.15, 0.2) is 24.3 Å². The van der Waals surface area contributed by atoms with Gasteiger partial charge in [-0.25, -0.2) is 0 Å². The van der Waals surface area contributed by atoms with Crippen molar-refractivity contribution in [1.29, 1.82) is 0 Å². The minimum Gasteiger partial charge on any atom is -0.466 e. The first-order valence-corrected chi connectivity index (χ1v) is 29.1. The zero-order valence-corrected chi connectivity index (χ0v) is 43.7. The molecule has 0 saturated heterocycles. The van der Waals surface area contributed by atoms with E-state index in [1.54, 1.807) is 0 Å². The third-order valence-electron chi connectivity index (χ3n) is 13.5. The molecule has 0 bridgehead atoms. The van der Waals surface area contributed by atoms with Crippen LogP contribution < -0.4 is 5.32 Å². The fourth-order valence-corrected chi connectivity index (χ4v) is 8.98. The number of rotatable bonds is 54. The van der Waals surface area contributed by atoms with Gasteiger partial charge < -0.3 is 20.3 Å². The first kappa shape index (κ1) is 63.3. The van der Waals surface area contributed by atoms with E-state index in [0.717, 1.165) is 57.8 Å². The van der Waals surface area contributed by atoms with Crippen molar-refractivity contribution in [2.45, 2.75) is 328 Å². The third kappa shape index (κ3) is 51.6.